The lowest BCUT2D eigenvalue weighted by molar-refractivity contribution is 0.0930. The standard InChI is InChI=1S/C18H20N6O2/c1-12-6-5-7-13(10-12)16-20-15(26-23-16)11-19-18(25)17-22-21-14-8-3-2-4-9-24(14)17/h5-7,10H,2-4,8-9,11H2,1H3,(H,19,25). The van der Waals surface area contributed by atoms with Crippen molar-refractivity contribution in [1.82, 2.24) is 30.2 Å². The summed E-state index contributed by atoms with van der Waals surface area (Å²) in [5, 5.41) is 15.0. The summed E-state index contributed by atoms with van der Waals surface area (Å²) in [5.41, 5.74) is 2.00. The van der Waals surface area contributed by atoms with Gasteiger partial charge < -0.3 is 14.4 Å². The second-order valence-electron chi connectivity index (χ2n) is 6.47. The lowest BCUT2D eigenvalue weighted by Gasteiger charge is -2.06. The van der Waals surface area contributed by atoms with E-state index in [1.165, 1.54) is 0 Å². The van der Waals surface area contributed by atoms with Crippen molar-refractivity contribution >= 4 is 5.91 Å². The largest absolute Gasteiger partial charge is 0.340 e. The Bertz CT molecular complexity index is 929. The van der Waals surface area contributed by atoms with Crippen LogP contribution in [-0.4, -0.2) is 30.8 Å². The zero-order valence-electron chi connectivity index (χ0n) is 14.6. The second kappa shape index (κ2) is 7.07. The molecule has 3 heterocycles. The van der Waals surface area contributed by atoms with Crippen molar-refractivity contribution in [1.29, 1.82) is 0 Å². The summed E-state index contributed by atoms with van der Waals surface area (Å²) in [4.78, 5) is 16.8. The highest BCUT2D eigenvalue weighted by molar-refractivity contribution is 5.90. The molecule has 1 amide bonds. The number of aryl methyl sites for hydroxylation is 2. The number of carbonyl (C=O) groups is 1. The fraction of sp³-hybridized carbons (Fsp3) is 0.389. The van der Waals surface area contributed by atoms with Crippen LogP contribution in [0.1, 0.15) is 47.2 Å². The molecule has 0 aliphatic carbocycles. The highest BCUT2D eigenvalue weighted by Crippen LogP contribution is 2.17. The van der Waals surface area contributed by atoms with E-state index in [1.54, 1.807) is 0 Å². The molecular weight excluding hydrogens is 332 g/mol. The van der Waals surface area contributed by atoms with Crippen LogP contribution in [0.4, 0.5) is 0 Å². The van der Waals surface area contributed by atoms with Gasteiger partial charge in [0.1, 0.15) is 5.82 Å². The Hall–Kier alpha value is -3.03. The number of hydrogen-bond acceptors (Lipinski definition) is 6. The van der Waals surface area contributed by atoms with E-state index in [4.69, 9.17) is 4.52 Å². The number of carbonyl (C=O) groups excluding carboxylic acids is 1. The van der Waals surface area contributed by atoms with Crippen LogP contribution >= 0.6 is 0 Å². The average molecular weight is 352 g/mol. The summed E-state index contributed by atoms with van der Waals surface area (Å²) in [6.45, 7) is 2.94. The van der Waals surface area contributed by atoms with Gasteiger partial charge in [0.15, 0.2) is 0 Å². The van der Waals surface area contributed by atoms with Gasteiger partial charge >= 0.3 is 0 Å². The zero-order valence-corrected chi connectivity index (χ0v) is 14.6. The van der Waals surface area contributed by atoms with Gasteiger partial charge in [-0.05, 0) is 25.8 Å². The number of hydrogen-bond donors (Lipinski definition) is 1. The summed E-state index contributed by atoms with van der Waals surface area (Å²) in [6, 6.07) is 7.86. The van der Waals surface area contributed by atoms with Crippen molar-refractivity contribution in [2.75, 3.05) is 0 Å². The molecule has 0 bridgehead atoms. The quantitative estimate of drug-likeness (QED) is 0.773. The van der Waals surface area contributed by atoms with E-state index in [2.05, 4.69) is 25.7 Å². The minimum atomic E-state index is -0.277. The van der Waals surface area contributed by atoms with E-state index < -0.39 is 0 Å². The first-order chi connectivity index (χ1) is 12.7. The smallest absolute Gasteiger partial charge is 0.289 e. The van der Waals surface area contributed by atoms with Crippen molar-refractivity contribution in [3.05, 3.63) is 47.4 Å². The first kappa shape index (κ1) is 16.4. The molecule has 0 atom stereocenters. The highest BCUT2D eigenvalue weighted by Gasteiger charge is 2.20. The number of nitrogens with zero attached hydrogens (tertiary/aromatic N) is 5. The predicted octanol–water partition coefficient (Wildman–Crippen LogP) is 2.29. The fourth-order valence-electron chi connectivity index (χ4n) is 3.12. The van der Waals surface area contributed by atoms with Crippen molar-refractivity contribution in [2.24, 2.45) is 0 Å². The molecule has 3 aromatic rings. The van der Waals surface area contributed by atoms with Crippen LogP contribution in [-0.2, 0) is 19.5 Å². The molecule has 1 N–H and O–H groups in total. The lowest BCUT2D eigenvalue weighted by atomic mass is 10.1. The van der Waals surface area contributed by atoms with Crippen LogP contribution in [0.5, 0.6) is 0 Å². The molecule has 4 rings (SSSR count). The molecule has 0 saturated carbocycles. The van der Waals surface area contributed by atoms with Gasteiger partial charge in [-0.25, -0.2) is 0 Å². The Kier molecular flexibility index (Phi) is 4.47. The maximum absolute atomic E-state index is 12.5. The molecule has 0 saturated heterocycles. The van der Waals surface area contributed by atoms with Crippen LogP contribution in [0.3, 0.4) is 0 Å². The van der Waals surface area contributed by atoms with Crippen LogP contribution in [0.15, 0.2) is 28.8 Å². The average Bonchev–Trinajstić information content (AvgIpc) is 3.21. The molecule has 26 heavy (non-hydrogen) atoms. The molecule has 1 aliphatic rings. The monoisotopic (exact) mass is 352 g/mol. The van der Waals surface area contributed by atoms with Crippen molar-refractivity contribution < 1.29 is 9.32 Å². The Morgan fingerprint density at radius 3 is 3.08 bits per heavy atom. The number of benzene rings is 1. The third kappa shape index (κ3) is 3.35. The number of amides is 1. The number of fused-ring (bicyclic) bond motifs is 1. The maximum atomic E-state index is 12.5. The summed E-state index contributed by atoms with van der Waals surface area (Å²) in [5.74, 6) is 1.81. The molecule has 8 heteroatoms. The Morgan fingerprint density at radius 1 is 1.27 bits per heavy atom. The first-order valence-electron chi connectivity index (χ1n) is 8.80. The van der Waals surface area contributed by atoms with Gasteiger partial charge in [0, 0.05) is 18.5 Å². The fourth-order valence-corrected chi connectivity index (χ4v) is 3.12. The normalized spacial score (nSPS) is 13.9. The van der Waals surface area contributed by atoms with E-state index in [0.29, 0.717) is 17.5 Å². The minimum absolute atomic E-state index is 0.153. The van der Waals surface area contributed by atoms with Gasteiger partial charge in [-0.1, -0.05) is 35.3 Å². The van der Waals surface area contributed by atoms with Gasteiger partial charge in [-0.2, -0.15) is 4.98 Å². The Balaban J connectivity index is 1.43. The van der Waals surface area contributed by atoms with E-state index in [0.717, 1.165) is 49.2 Å². The van der Waals surface area contributed by atoms with Crippen LogP contribution in [0.25, 0.3) is 11.4 Å². The van der Waals surface area contributed by atoms with Gasteiger partial charge in [0.25, 0.3) is 5.91 Å². The number of rotatable bonds is 4. The van der Waals surface area contributed by atoms with E-state index in [9.17, 15) is 4.79 Å². The molecule has 8 nitrogen and oxygen atoms in total. The van der Waals surface area contributed by atoms with E-state index >= 15 is 0 Å². The van der Waals surface area contributed by atoms with Gasteiger partial charge in [0.05, 0.1) is 6.54 Å². The van der Waals surface area contributed by atoms with Gasteiger partial charge in [-0.3, -0.25) is 4.79 Å². The Labute approximate surface area is 150 Å². The molecule has 0 radical (unpaired) electrons. The molecule has 1 aromatic carbocycles. The molecule has 0 spiro atoms. The molecule has 0 unspecified atom stereocenters. The summed E-state index contributed by atoms with van der Waals surface area (Å²) < 4.78 is 7.15. The maximum Gasteiger partial charge on any atom is 0.289 e. The van der Waals surface area contributed by atoms with Crippen LogP contribution in [0, 0.1) is 6.92 Å². The first-order valence-corrected chi connectivity index (χ1v) is 8.80. The predicted molar refractivity (Wildman–Crippen MR) is 93.2 cm³/mol. The van der Waals surface area contributed by atoms with Crippen molar-refractivity contribution in [2.45, 2.75) is 45.7 Å². The van der Waals surface area contributed by atoms with Crippen LogP contribution < -0.4 is 5.32 Å². The van der Waals surface area contributed by atoms with Gasteiger partial charge in [-0.15, -0.1) is 10.2 Å². The summed E-state index contributed by atoms with van der Waals surface area (Å²) in [7, 11) is 0. The zero-order chi connectivity index (χ0) is 17.9. The van der Waals surface area contributed by atoms with E-state index in [-0.39, 0.29) is 12.5 Å². The molecular formula is C18H20N6O2. The number of aromatic nitrogens is 5. The van der Waals surface area contributed by atoms with Crippen LogP contribution in [0.2, 0.25) is 0 Å². The highest BCUT2D eigenvalue weighted by atomic mass is 16.5. The second-order valence-corrected chi connectivity index (χ2v) is 6.47. The topological polar surface area (TPSA) is 98.7 Å². The molecule has 134 valence electrons. The van der Waals surface area contributed by atoms with E-state index in [1.807, 2.05) is 35.8 Å². The summed E-state index contributed by atoms with van der Waals surface area (Å²) >= 11 is 0. The lowest BCUT2D eigenvalue weighted by Crippen LogP contribution is -2.26. The molecule has 1 aliphatic heterocycles. The van der Waals surface area contributed by atoms with Crippen molar-refractivity contribution in [3.8, 4) is 11.4 Å². The Morgan fingerprint density at radius 2 is 2.19 bits per heavy atom. The summed E-state index contributed by atoms with van der Waals surface area (Å²) in [6.07, 6.45) is 4.14. The minimum Gasteiger partial charge on any atom is -0.340 e. The SMILES string of the molecule is Cc1cccc(-c2noc(CNC(=O)c3nnc4n3CCCCC4)n2)c1. The third-order valence-electron chi connectivity index (χ3n) is 4.46. The number of nitrogens with one attached hydrogen (secondary N) is 1. The molecule has 0 fully saturated rings. The molecule has 2 aromatic heterocycles. The van der Waals surface area contributed by atoms with Crippen molar-refractivity contribution in [3.63, 3.8) is 0 Å². The third-order valence-corrected chi connectivity index (χ3v) is 4.46. The van der Waals surface area contributed by atoms with Gasteiger partial charge in [0.2, 0.25) is 17.5 Å².